The molecule has 0 aliphatic heterocycles. The molecule has 7 nitrogen and oxygen atoms in total. The first-order chi connectivity index (χ1) is 8.49. The zero-order chi connectivity index (χ0) is 16.8. The van der Waals surface area contributed by atoms with Crippen LogP contribution in [0.2, 0.25) is 0 Å². The Hall–Kier alpha value is -0.730. The average Bonchev–Trinajstić information content (AvgIpc) is 1.89. The molecule has 0 N–H and O–H groups in total. The molecule has 0 spiro atoms. The monoisotopic (exact) mass is 352 g/mol. The molecule has 0 saturated heterocycles. The van der Waals surface area contributed by atoms with Crippen molar-refractivity contribution in [3.63, 3.8) is 0 Å². The second kappa shape index (κ2) is 7.90. The van der Waals surface area contributed by atoms with Crippen LogP contribution in [0.25, 0.3) is 0 Å². The van der Waals surface area contributed by atoms with E-state index in [4.69, 9.17) is 17.9 Å². The predicted octanol–water partition coefficient (Wildman–Crippen LogP) is 3.58. The van der Waals surface area contributed by atoms with Gasteiger partial charge in [-0.15, -0.1) is 0 Å². The summed E-state index contributed by atoms with van der Waals surface area (Å²) in [6, 6.07) is 0. The Labute approximate surface area is 127 Å². The van der Waals surface area contributed by atoms with E-state index in [1.165, 1.54) is 0 Å². The van der Waals surface area contributed by atoms with Crippen molar-refractivity contribution in [2.75, 3.05) is 0 Å². The fourth-order valence-corrected chi connectivity index (χ4v) is 0.610. The largest absolute Gasteiger partial charge is 0.519 e. The van der Waals surface area contributed by atoms with E-state index in [9.17, 15) is 9.59 Å². The molecule has 20 heavy (non-hydrogen) atoms. The maximum absolute atomic E-state index is 11.0. The highest BCUT2D eigenvalue weighted by Crippen LogP contribution is 2.11. The molecule has 0 radical (unpaired) electrons. The molecule has 0 aromatic carbocycles. The van der Waals surface area contributed by atoms with Gasteiger partial charge in [0.1, 0.15) is 11.2 Å². The first-order valence-corrected chi connectivity index (χ1v) is 8.41. The second-order valence-corrected chi connectivity index (χ2v) is 9.08. The quantitative estimate of drug-likeness (QED) is 0.373. The molecular weight excluding hydrogens is 335 g/mol. The Balaban J connectivity index is 0. The van der Waals surface area contributed by atoms with E-state index in [-0.39, 0.29) is 0 Å². The molecule has 0 aromatic rings. The second-order valence-electron chi connectivity index (χ2n) is 5.41. The molecule has 0 aliphatic rings. The number of carbonyl (C=O) groups is 2. The van der Waals surface area contributed by atoms with Crippen LogP contribution in [0.4, 0.5) is 9.59 Å². The number of hydrogen-bond donors (Lipinski definition) is 0. The minimum atomic E-state index is -3.72. The lowest BCUT2D eigenvalue weighted by Crippen LogP contribution is -2.29. The average molecular weight is 353 g/mol. The number of rotatable bonds is 0. The van der Waals surface area contributed by atoms with E-state index in [0.29, 0.717) is 0 Å². The van der Waals surface area contributed by atoms with Gasteiger partial charge in [0, 0.05) is 21.4 Å². The summed E-state index contributed by atoms with van der Waals surface area (Å²) in [6.45, 7) is 10.0. The summed E-state index contributed by atoms with van der Waals surface area (Å²) in [6.07, 6.45) is -2.12. The Morgan fingerprint density at radius 2 is 1.00 bits per heavy atom. The molecule has 10 heteroatoms. The molecule has 0 aromatic heterocycles. The van der Waals surface area contributed by atoms with Crippen molar-refractivity contribution in [2.24, 2.45) is 0 Å². The highest BCUT2D eigenvalue weighted by molar-refractivity contribution is 8.31. The topological polar surface area (TPSA) is 96.0 Å². The molecule has 0 bridgehead atoms. The van der Waals surface area contributed by atoms with Crippen LogP contribution in [0.15, 0.2) is 0 Å². The summed E-state index contributed by atoms with van der Waals surface area (Å²) in [5.74, 6) is 0. The summed E-state index contributed by atoms with van der Waals surface area (Å²) in [7, 11) is 4.81. The van der Waals surface area contributed by atoms with Gasteiger partial charge in [0.05, 0.1) is 0 Å². The van der Waals surface area contributed by atoms with Crippen LogP contribution >= 0.6 is 21.4 Å². The lowest BCUT2D eigenvalue weighted by molar-refractivity contribution is -0.0293. The van der Waals surface area contributed by atoms with Crippen molar-refractivity contribution in [1.29, 1.82) is 0 Å². The molecule has 0 aliphatic carbocycles. The van der Waals surface area contributed by atoms with Crippen molar-refractivity contribution in [3.05, 3.63) is 0 Å². The Bertz CT molecular complexity index is 398. The SMILES string of the molecule is CC(C)(C)OC(=O)OC(=O)OC(C)(C)C.O=S(=O)(Cl)Cl. The van der Waals surface area contributed by atoms with Crippen LogP contribution in [0.3, 0.4) is 0 Å². The maximum Gasteiger partial charge on any atom is 0.519 e. The third-order valence-corrected chi connectivity index (χ3v) is 0.946. The normalized spacial score (nSPS) is 11.8. The van der Waals surface area contributed by atoms with E-state index in [1.54, 1.807) is 41.5 Å². The minimum Gasteiger partial charge on any atom is -0.428 e. The van der Waals surface area contributed by atoms with Gasteiger partial charge in [-0.3, -0.25) is 0 Å². The molecule has 120 valence electrons. The van der Waals surface area contributed by atoms with Crippen molar-refractivity contribution < 1.29 is 32.2 Å². The number of carbonyl (C=O) groups excluding carboxylic acids is 2. The highest BCUT2D eigenvalue weighted by Gasteiger charge is 2.24. The molecule has 0 saturated carbocycles. The van der Waals surface area contributed by atoms with Crippen molar-refractivity contribution in [2.45, 2.75) is 52.7 Å². The smallest absolute Gasteiger partial charge is 0.428 e. The van der Waals surface area contributed by atoms with Crippen molar-refractivity contribution in [1.82, 2.24) is 0 Å². The standard InChI is InChI=1S/C10H18O5.Cl2O2S/c1-9(2,3)14-7(11)13-8(12)15-10(4,5)6;1-5(2,3)4/h1-6H3;. The van der Waals surface area contributed by atoms with Gasteiger partial charge in [-0.25, -0.2) is 9.59 Å². The predicted molar refractivity (Wildman–Crippen MR) is 74.2 cm³/mol. The fraction of sp³-hybridized carbons (Fsp3) is 0.800. The summed E-state index contributed by atoms with van der Waals surface area (Å²) in [4.78, 5) is 22.0. The third-order valence-electron chi connectivity index (χ3n) is 0.946. The minimum absolute atomic E-state index is 0.695. The van der Waals surface area contributed by atoms with Crippen molar-refractivity contribution >= 4 is 41.9 Å². The first-order valence-electron chi connectivity index (χ1n) is 5.27. The van der Waals surface area contributed by atoms with E-state index in [1.807, 2.05) is 0 Å². The summed E-state index contributed by atoms with van der Waals surface area (Å²) in [5, 5.41) is 0. The van der Waals surface area contributed by atoms with E-state index < -0.39 is 31.8 Å². The van der Waals surface area contributed by atoms with Gasteiger partial charge >= 0.3 is 20.6 Å². The van der Waals surface area contributed by atoms with Crippen LogP contribution in [-0.2, 0) is 22.5 Å². The van der Waals surface area contributed by atoms with Crippen molar-refractivity contribution in [3.8, 4) is 0 Å². The van der Waals surface area contributed by atoms with Crippen LogP contribution in [0, 0.1) is 0 Å². The highest BCUT2D eigenvalue weighted by atomic mass is 36.0. The van der Waals surface area contributed by atoms with E-state index in [0.717, 1.165) is 0 Å². The summed E-state index contributed by atoms with van der Waals surface area (Å²) < 4.78 is 32.1. The maximum atomic E-state index is 11.0. The number of hydrogen-bond acceptors (Lipinski definition) is 7. The Kier molecular flexibility index (Phi) is 8.51. The van der Waals surface area contributed by atoms with Gasteiger partial charge in [-0.05, 0) is 41.5 Å². The Morgan fingerprint density at radius 1 is 0.800 bits per heavy atom. The third kappa shape index (κ3) is 26.0. The molecule has 0 fully saturated rings. The zero-order valence-electron chi connectivity index (χ0n) is 12.0. The molecule has 0 atom stereocenters. The Morgan fingerprint density at radius 3 is 1.15 bits per heavy atom. The van der Waals surface area contributed by atoms with Gasteiger partial charge in [0.15, 0.2) is 0 Å². The van der Waals surface area contributed by atoms with Gasteiger partial charge in [0.25, 0.3) is 0 Å². The first kappa shape index (κ1) is 21.6. The fourth-order valence-electron chi connectivity index (χ4n) is 0.610. The number of ether oxygens (including phenoxy) is 3. The molecule has 0 rings (SSSR count). The van der Waals surface area contributed by atoms with Gasteiger partial charge in [-0.2, -0.15) is 8.42 Å². The molecule has 0 unspecified atom stereocenters. The number of halogens is 2. The lowest BCUT2D eigenvalue weighted by atomic mass is 10.2. The molecule has 0 amide bonds. The summed E-state index contributed by atoms with van der Waals surface area (Å²) >= 11 is 0. The van der Waals surface area contributed by atoms with Crippen LogP contribution in [-0.4, -0.2) is 31.9 Å². The van der Waals surface area contributed by atoms with Gasteiger partial charge in [0.2, 0.25) is 0 Å². The summed E-state index contributed by atoms with van der Waals surface area (Å²) in [5.41, 5.74) is -1.39. The molecule has 0 heterocycles. The van der Waals surface area contributed by atoms with E-state index >= 15 is 0 Å². The van der Waals surface area contributed by atoms with Crippen LogP contribution < -0.4 is 0 Å². The van der Waals surface area contributed by atoms with Gasteiger partial charge in [-0.1, -0.05) is 0 Å². The lowest BCUT2D eigenvalue weighted by Gasteiger charge is -2.20. The van der Waals surface area contributed by atoms with Crippen LogP contribution in [0.1, 0.15) is 41.5 Å². The molecular formula is C10H18Cl2O7S. The van der Waals surface area contributed by atoms with E-state index in [2.05, 4.69) is 26.1 Å². The zero-order valence-corrected chi connectivity index (χ0v) is 14.4. The van der Waals surface area contributed by atoms with Gasteiger partial charge < -0.3 is 14.2 Å². The van der Waals surface area contributed by atoms with Crippen LogP contribution in [0.5, 0.6) is 0 Å².